The van der Waals surface area contributed by atoms with Crippen LogP contribution in [0, 0.1) is 11.3 Å². The molecule has 7 heteroatoms. The van der Waals surface area contributed by atoms with Crippen LogP contribution in [0.4, 0.5) is 5.69 Å². The number of nitrogens with zero attached hydrogens (tertiary/aromatic N) is 2. The zero-order chi connectivity index (χ0) is 35.2. The standard InChI is InChI=1S/C47H43N2P2.3ClH/c1-3-49(4-2)40-21-20-32-47(37-40)51(44-28-16-8-17-29-44,45-30-18-9-19-31-45,46-35-33-39(38-48)34-36-46)50(41-22-10-5-11-23-41,42-24-12-6-13-25-42)43-26-14-7-15-27-43;;;/h5-37H,3-4H2,1-2H3;3*1H/q+1;;;/p-1. The first-order valence-electron chi connectivity index (χ1n) is 17.7. The average molecular weight is 806 g/mol. The van der Waals surface area contributed by atoms with Gasteiger partial charge in [-0.05, 0) is 0 Å². The molecule has 0 atom stereocenters. The summed E-state index contributed by atoms with van der Waals surface area (Å²) in [6.07, 6.45) is -4.09. The minimum Gasteiger partial charge on any atom is -1.00 e. The van der Waals surface area contributed by atoms with E-state index in [0.29, 0.717) is 5.56 Å². The van der Waals surface area contributed by atoms with Crippen molar-refractivity contribution in [1.29, 1.82) is 5.26 Å². The molecule has 0 saturated heterocycles. The summed E-state index contributed by atoms with van der Waals surface area (Å²) in [6.45, 7) is 3.40. The Morgan fingerprint density at radius 2 is 0.815 bits per heavy atom. The molecule has 0 aliphatic heterocycles. The fourth-order valence-electron chi connectivity index (χ4n) is 8.47. The largest absolute Gasteiger partial charge is 1.00 e. The van der Waals surface area contributed by atoms with Crippen molar-refractivity contribution in [2.45, 2.75) is 13.8 Å². The Bertz CT molecular complexity index is 2110. The Morgan fingerprint density at radius 1 is 0.463 bits per heavy atom. The normalized spacial score (nSPS) is 11.6. The summed E-state index contributed by atoms with van der Waals surface area (Å²) >= 11 is 0. The summed E-state index contributed by atoms with van der Waals surface area (Å²) < 4.78 is 0. The SMILES string of the molecule is CCN(CC)c1cccc(P(c2ccccc2)(c2ccccc2)(c2ccc(C#N)cc2)[P+](c2ccccc2)(c2ccccc2)c2ccccc2)c1.Cl.Cl.[Cl-]. The minimum atomic E-state index is -4.09. The molecule has 0 saturated carbocycles. The van der Waals surface area contributed by atoms with Crippen molar-refractivity contribution in [3.63, 3.8) is 0 Å². The molecule has 0 unspecified atom stereocenters. The van der Waals surface area contributed by atoms with Crippen LogP contribution < -0.4 is 54.4 Å². The molecule has 0 aliphatic rings. The summed E-state index contributed by atoms with van der Waals surface area (Å²) in [5.41, 5.74) is 1.86. The van der Waals surface area contributed by atoms with Gasteiger partial charge in [0.15, 0.2) is 0 Å². The van der Waals surface area contributed by atoms with Crippen molar-refractivity contribution in [2.24, 2.45) is 0 Å². The van der Waals surface area contributed by atoms with E-state index in [9.17, 15) is 5.26 Å². The molecule has 0 N–H and O–H groups in total. The smallest absolute Gasteiger partial charge is 0.147 e. The van der Waals surface area contributed by atoms with Crippen LogP contribution in [0.3, 0.4) is 0 Å². The van der Waals surface area contributed by atoms with Crippen molar-refractivity contribution in [3.8, 4) is 6.07 Å². The van der Waals surface area contributed by atoms with E-state index in [1.807, 2.05) is 12.1 Å². The van der Waals surface area contributed by atoms with Gasteiger partial charge in [-0.25, -0.2) is 0 Å². The first-order chi connectivity index (χ1) is 25.2. The van der Waals surface area contributed by atoms with Crippen molar-refractivity contribution in [3.05, 3.63) is 206 Å². The molecular formula is C47H45Cl3N2P2. The van der Waals surface area contributed by atoms with E-state index in [0.717, 1.165) is 13.1 Å². The van der Waals surface area contributed by atoms with Gasteiger partial charge in [-0.15, -0.1) is 24.8 Å². The number of hydrogen-bond acceptors (Lipinski definition) is 2. The molecule has 274 valence electrons. The van der Waals surface area contributed by atoms with Crippen LogP contribution in [0.2, 0.25) is 0 Å². The number of nitriles is 1. The summed E-state index contributed by atoms with van der Waals surface area (Å²) in [6, 6.07) is 77.1. The molecule has 0 radical (unpaired) electrons. The van der Waals surface area contributed by atoms with E-state index in [2.05, 4.69) is 213 Å². The molecule has 0 aromatic heterocycles. The van der Waals surface area contributed by atoms with Crippen LogP contribution in [0.1, 0.15) is 19.4 Å². The van der Waals surface area contributed by atoms with E-state index in [-0.39, 0.29) is 37.2 Å². The quantitative estimate of drug-likeness (QED) is 0.143. The fraction of sp³-hybridized carbons (Fsp3) is 0.0851. The van der Waals surface area contributed by atoms with Gasteiger partial charge in [0, 0.05) is 0 Å². The molecular weight excluding hydrogens is 761 g/mol. The van der Waals surface area contributed by atoms with E-state index in [1.54, 1.807) is 0 Å². The predicted molar refractivity (Wildman–Crippen MR) is 239 cm³/mol. The van der Waals surface area contributed by atoms with Crippen LogP contribution in [-0.2, 0) is 0 Å². The fourth-order valence-corrected chi connectivity index (χ4v) is 29.8. The van der Waals surface area contributed by atoms with Crippen molar-refractivity contribution in [2.75, 3.05) is 18.0 Å². The molecule has 7 rings (SSSR count). The maximum Gasteiger partial charge on any atom is -0.147 e. The third-order valence-corrected chi connectivity index (χ3v) is 28.4. The Balaban J connectivity index is 0.00000217. The maximum atomic E-state index is 10.2. The van der Waals surface area contributed by atoms with Gasteiger partial charge in [0.1, 0.15) is 0 Å². The number of anilines is 1. The minimum absolute atomic E-state index is 0. The molecule has 0 bridgehead atoms. The molecule has 0 fully saturated rings. The summed E-state index contributed by atoms with van der Waals surface area (Å²) in [5.74, 6) is 0. The third kappa shape index (κ3) is 6.34. The van der Waals surface area contributed by atoms with Crippen LogP contribution in [0.5, 0.6) is 0 Å². The first-order valence-corrected chi connectivity index (χ1v) is 22.4. The van der Waals surface area contributed by atoms with Crippen LogP contribution >= 0.6 is 38.1 Å². The summed E-state index contributed by atoms with van der Waals surface area (Å²) in [4.78, 5) is 2.46. The van der Waals surface area contributed by atoms with Gasteiger partial charge in [-0.1, -0.05) is 0 Å². The van der Waals surface area contributed by atoms with Gasteiger partial charge in [-0.3, -0.25) is 0 Å². The van der Waals surface area contributed by atoms with E-state index < -0.39 is 13.2 Å². The van der Waals surface area contributed by atoms with Crippen LogP contribution in [0.25, 0.3) is 0 Å². The van der Waals surface area contributed by atoms with Crippen molar-refractivity contribution in [1.82, 2.24) is 0 Å². The third-order valence-electron chi connectivity index (χ3n) is 10.5. The maximum absolute atomic E-state index is 10.2. The van der Waals surface area contributed by atoms with Gasteiger partial charge < -0.3 is 12.4 Å². The second-order valence-corrected chi connectivity index (χ2v) is 24.0. The molecule has 7 aromatic carbocycles. The zero-order valence-corrected chi connectivity index (χ0v) is 34.6. The van der Waals surface area contributed by atoms with Crippen molar-refractivity contribution >= 4 is 80.9 Å². The van der Waals surface area contributed by atoms with Gasteiger partial charge in [0.05, 0.1) is 0 Å². The van der Waals surface area contributed by atoms with Gasteiger partial charge in [0.2, 0.25) is 0 Å². The summed E-state index contributed by atoms with van der Waals surface area (Å²) in [5, 5.41) is 19.2. The molecule has 7 aromatic rings. The van der Waals surface area contributed by atoms with Gasteiger partial charge in [0.25, 0.3) is 0 Å². The number of benzene rings is 7. The molecule has 0 aliphatic carbocycles. The number of hydrogen-bond donors (Lipinski definition) is 0. The Morgan fingerprint density at radius 3 is 1.19 bits per heavy atom. The average Bonchev–Trinajstić information content (AvgIpc) is 3.22. The zero-order valence-electron chi connectivity index (χ0n) is 30.5. The molecule has 0 spiro atoms. The number of halogens is 3. The number of rotatable bonds is 11. The second-order valence-electron chi connectivity index (χ2n) is 12.7. The Labute approximate surface area is 340 Å². The van der Waals surface area contributed by atoms with E-state index in [4.69, 9.17) is 0 Å². The van der Waals surface area contributed by atoms with Crippen LogP contribution in [0.15, 0.2) is 200 Å². The van der Waals surface area contributed by atoms with Gasteiger partial charge in [-0.2, -0.15) is 0 Å². The van der Waals surface area contributed by atoms with Crippen LogP contribution in [-0.4, -0.2) is 13.1 Å². The predicted octanol–water partition coefficient (Wildman–Crippen LogP) is 6.32. The van der Waals surface area contributed by atoms with Crippen molar-refractivity contribution < 1.29 is 12.4 Å². The second kappa shape index (κ2) is 18.3. The topological polar surface area (TPSA) is 27.0 Å². The summed E-state index contributed by atoms with van der Waals surface area (Å²) in [7, 11) is 0. The molecule has 0 amide bonds. The Kier molecular flexibility index (Phi) is 14.3. The Hall–Kier alpha value is -4.44. The van der Waals surface area contributed by atoms with E-state index >= 15 is 0 Å². The molecule has 54 heavy (non-hydrogen) atoms. The monoisotopic (exact) mass is 804 g/mol. The first kappa shape index (κ1) is 42.3. The molecule has 2 nitrogen and oxygen atoms in total. The van der Waals surface area contributed by atoms with Gasteiger partial charge >= 0.3 is 305 Å². The molecule has 0 heterocycles. The van der Waals surface area contributed by atoms with E-state index in [1.165, 1.54) is 42.8 Å².